The second kappa shape index (κ2) is 9.48. The predicted molar refractivity (Wildman–Crippen MR) is 129 cm³/mol. The molecular formula is C27H27NO7. The van der Waals surface area contributed by atoms with Crippen LogP contribution in [0.5, 0.6) is 0 Å². The maximum Gasteiger partial charge on any atom is 0.336 e. The third kappa shape index (κ3) is 5.18. The number of carboxylic acids is 2. The first-order valence-electron chi connectivity index (χ1n) is 11.4. The number of piperidine rings is 1. The maximum absolute atomic E-state index is 12.8. The second-order valence-electron chi connectivity index (χ2n) is 9.17. The summed E-state index contributed by atoms with van der Waals surface area (Å²) in [7, 11) is 0. The fraction of sp³-hybridized carbons (Fsp3) is 0.296. The van der Waals surface area contributed by atoms with Crippen LogP contribution in [0.2, 0.25) is 0 Å². The highest BCUT2D eigenvalue weighted by Gasteiger charge is 2.44. The Balaban J connectivity index is 1.51. The Labute approximate surface area is 202 Å². The molecule has 4 rings (SSSR count). The Morgan fingerprint density at radius 1 is 0.886 bits per heavy atom. The summed E-state index contributed by atoms with van der Waals surface area (Å²) in [5.74, 6) is -4.02. The third-order valence-electron chi connectivity index (χ3n) is 6.61. The van der Waals surface area contributed by atoms with Gasteiger partial charge in [0.15, 0.2) is 5.60 Å². The SMILES string of the molecule is O=C(O)CC(O)(CC(=O)N1CCCC(O)(c2ccc(-c3ccc4ccccc4c3)cc2)C1)C(=O)O. The molecule has 3 aromatic carbocycles. The molecule has 182 valence electrons. The van der Waals surface area contributed by atoms with E-state index < -0.39 is 41.9 Å². The third-order valence-corrected chi connectivity index (χ3v) is 6.61. The molecule has 8 heteroatoms. The minimum Gasteiger partial charge on any atom is -0.481 e. The number of benzene rings is 3. The van der Waals surface area contributed by atoms with Gasteiger partial charge in [0.2, 0.25) is 5.91 Å². The summed E-state index contributed by atoms with van der Waals surface area (Å²) in [6, 6.07) is 21.7. The van der Waals surface area contributed by atoms with E-state index in [1.165, 1.54) is 4.90 Å². The zero-order chi connectivity index (χ0) is 25.2. The average Bonchev–Trinajstić information content (AvgIpc) is 2.83. The van der Waals surface area contributed by atoms with Crippen LogP contribution in [0, 0.1) is 0 Å². The number of carbonyl (C=O) groups excluding carboxylic acids is 1. The van der Waals surface area contributed by atoms with Crippen molar-refractivity contribution in [3.8, 4) is 11.1 Å². The van der Waals surface area contributed by atoms with Crippen molar-refractivity contribution in [3.05, 3.63) is 72.3 Å². The number of hydrogen-bond acceptors (Lipinski definition) is 5. The number of fused-ring (bicyclic) bond motifs is 1. The number of aliphatic hydroxyl groups is 2. The number of carbonyl (C=O) groups is 3. The summed E-state index contributed by atoms with van der Waals surface area (Å²) < 4.78 is 0. The fourth-order valence-electron chi connectivity index (χ4n) is 4.65. The lowest BCUT2D eigenvalue weighted by molar-refractivity contribution is -0.170. The first kappa shape index (κ1) is 24.4. The van der Waals surface area contributed by atoms with Gasteiger partial charge in [0, 0.05) is 6.54 Å². The molecule has 35 heavy (non-hydrogen) atoms. The van der Waals surface area contributed by atoms with E-state index in [0.29, 0.717) is 18.4 Å². The van der Waals surface area contributed by atoms with Crippen molar-refractivity contribution in [2.75, 3.05) is 13.1 Å². The minimum absolute atomic E-state index is 0.0794. The lowest BCUT2D eigenvalue weighted by atomic mass is 9.84. The van der Waals surface area contributed by atoms with Crippen LogP contribution in [-0.4, -0.2) is 61.9 Å². The lowest BCUT2D eigenvalue weighted by Gasteiger charge is -2.40. The standard InChI is InChI=1S/C27H27NO7/c29-23(15-27(35,25(32)33)16-24(30)31)28-13-3-12-26(34,17-28)22-10-8-19(9-11-22)21-7-6-18-4-1-2-5-20(18)14-21/h1-2,4-11,14,34-35H,3,12-13,15-17H2,(H,30,31)(H,32,33). The van der Waals surface area contributed by atoms with Crippen LogP contribution in [0.15, 0.2) is 66.7 Å². The summed E-state index contributed by atoms with van der Waals surface area (Å²) in [5.41, 5.74) is -1.41. The number of rotatable bonds is 7. The van der Waals surface area contributed by atoms with Crippen LogP contribution < -0.4 is 0 Å². The van der Waals surface area contributed by atoms with E-state index in [9.17, 15) is 29.7 Å². The molecule has 3 aromatic rings. The number of likely N-dealkylation sites (tertiary alicyclic amines) is 1. The highest BCUT2D eigenvalue weighted by atomic mass is 16.4. The molecule has 1 fully saturated rings. The number of nitrogens with zero attached hydrogens (tertiary/aromatic N) is 1. The molecule has 8 nitrogen and oxygen atoms in total. The molecule has 4 N–H and O–H groups in total. The van der Waals surface area contributed by atoms with Gasteiger partial charge in [0.1, 0.15) is 5.60 Å². The Bertz CT molecular complexity index is 1270. The molecule has 0 bridgehead atoms. The van der Waals surface area contributed by atoms with E-state index in [2.05, 4.69) is 12.1 Å². The zero-order valence-electron chi connectivity index (χ0n) is 19.1. The van der Waals surface area contributed by atoms with E-state index in [1.54, 1.807) is 0 Å². The van der Waals surface area contributed by atoms with Crippen molar-refractivity contribution in [2.45, 2.75) is 36.9 Å². The molecule has 2 atom stereocenters. The van der Waals surface area contributed by atoms with Gasteiger partial charge in [0.25, 0.3) is 0 Å². The summed E-state index contributed by atoms with van der Waals surface area (Å²) in [6.45, 7) is 0.197. The molecule has 0 aromatic heterocycles. The Hall–Kier alpha value is -3.75. The summed E-state index contributed by atoms with van der Waals surface area (Å²) in [4.78, 5) is 36.4. The fourth-order valence-corrected chi connectivity index (χ4v) is 4.65. The van der Waals surface area contributed by atoms with Gasteiger partial charge in [-0.1, -0.05) is 60.7 Å². The number of hydrogen-bond donors (Lipinski definition) is 4. The Morgan fingerprint density at radius 3 is 2.20 bits per heavy atom. The number of amides is 1. The van der Waals surface area contributed by atoms with E-state index >= 15 is 0 Å². The molecule has 0 aliphatic carbocycles. The van der Waals surface area contributed by atoms with Crippen molar-refractivity contribution < 1.29 is 34.8 Å². The van der Waals surface area contributed by atoms with Crippen LogP contribution >= 0.6 is 0 Å². The van der Waals surface area contributed by atoms with Gasteiger partial charge in [-0.05, 0) is 46.4 Å². The summed E-state index contributed by atoms with van der Waals surface area (Å²) in [6.07, 6.45) is -1.10. The molecule has 0 spiro atoms. The summed E-state index contributed by atoms with van der Waals surface area (Å²) >= 11 is 0. The molecule has 0 radical (unpaired) electrons. The van der Waals surface area contributed by atoms with Crippen molar-refractivity contribution in [1.82, 2.24) is 4.90 Å². The van der Waals surface area contributed by atoms with E-state index in [1.807, 2.05) is 54.6 Å². The smallest absolute Gasteiger partial charge is 0.336 e. The largest absolute Gasteiger partial charge is 0.481 e. The Kier molecular flexibility index (Phi) is 6.60. The van der Waals surface area contributed by atoms with Gasteiger partial charge >= 0.3 is 11.9 Å². The van der Waals surface area contributed by atoms with Crippen molar-refractivity contribution in [2.24, 2.45) is 0 Å². The second-order valence-corrected chi connectivity index (χ2v) is 9.17. The minimum atomic E-state index is -2.71. The van der Waals surface area contributed by atoms with Crippen LogP contribution in [0.4, 0.5) is 0 Å². The first-order chi connectivity index (χ1) is 16.6. The van der Waals surface area contributed by atoms with Crippen LogP contribution in [-0.2, 0) is 20.0 Å². The molecular weight excluding hydrogens is 450 g/mol. The first-order valence-corrected chi connectivity index (χ1v) is 11.4. The average molecular weight is 478 g/mol. The van der Waals surface area contributed by atoms with Crippen molar-refractivity contribution in [3.63, 3.8) is 0 Å². The van der Waals surface area contributed by atoms with Crippen LogP contribution in [0.25, 0.3) is 21.9 Å². The zero-order valence-corrected chi connectivity index (χ0v) is 19.1. The van der Waals surface area contributed by atoms with Gasteiger partial charge in [-0.3, -0.25) is 9.59 Å². The van der Waals surface area contributed by atoms with E-state index in [0.717, 1.165) is 21.9 Å². The molecule has 1 saturated heterocycles. The molecule has 1 amide bonds. The monoisotopic (exact) mass is 477 g/mol. The van der Waals surface area contributed by atoms with Crippen molar-refractivity contribution >= 4 is 28.6 Å². The maximum atomic E-state index is 12.8. The Morgan fingerprint density at radius 2 is 1.54 bits per heavy atom. The quantitative estimate of drug-likeness (QED) is 0.411. The van der Waals surface area contributed by atoms with Crippen molar-refractivity contribution in [1.29, 1.82) is 0 Å². The molecule has 0 saturated carbocycles. The van der Waals surface area contributed by atoms with Gasteiger partial charge in [-0.25, -0.2) is 4.79 Å². The molecule has 1 aliphatic rings. The van der Waals surface area contributed by atoms with Gasteiger partial charge < -0.3 is 25.3 Å². The highest BCUT2D eigenvalue weighted by Crippen LogP contribution is 2.34. The number of β-amino-alcohol motifs (C(OH)–C–C–N with tert-alkyl or cyclic N) is 1. The molecule has 1 aliphatic heterocycles. The number of carboxylic acid groups (broad SMARTS) is 2. The lowest BCUT2D eigenvalue weighted by Crippen LogP contribution is -2.52. The van der Waals surface area contributed by atoms with Crippen LogP contribution in [0.3, 0.4) is 0 Å². The normalized spacial score (nSPS) is 19.8. The number of aliphatic carboxylic acids is 2. The van der Waals surface area contributed by atoms with Gasteiger partial charge in [-0.2, -0.15) is 0 Å². The van der Waals surface area contributed by atoms with Gasteiger partial charge in [-0.15, -0.1) is 0 Å². The highest BCUT2D eigenvalue weighted by molar-refractivity contribution is 5.90. The van der Waals surface area contributed by atoms with E-state index in [-0.39, 0.29) is 13.1 Å². The van der Waals surface area contributed by atoms with Crippen LogP contribution in [0.1, 0.15) is 31.2 Å². The molecule has 1 heterocycles. The summed E-state index contributed by atoms with van der Waals surface area (Å²) in [5, 5.41) is 42.0. The predicted octanol–water partition coefficient (Wildman–Crippen LogP) is 3.00. The topological polar surface area (TPSA) is 135 Å². The van der Waals surface area contributed by atoms with Gasteiger partial charge in [0.05, 0.1) is 19.4 Å². The molecule has 2 unspecified atom stereocenters. The van der Waals surface area contributed by atoms with E-state index in [4.69, 9.17) is 5.11 Å².